The molecule has 10 heterocycles. The molecule has 2 aromatic carbocycles. The Morgan fingerprint density at radius 3 is 1.44 bits per heavy atom. The number of pyridine rings is 4. The maximum Gasteiger partial charge on any atom is 0.433 e. The van der Waals surface area contributed by atoms with Gasteiger partial charge in [-0.1, -0.05) is 0 Å². The van der Waals surface area contributed by atoms with Gasteiger partial charge in [-0.3, -0.25) is 33.8 Å². The molecule has 3 saturated heterocycles. The molecule has 26 heteroatoms. The number of benzene rings is 2. The molecular weight excluding hydrogens is 1250 g/mol. The number of nitrogens with zero attached hydrogens (tertiary/aromatic N) is 10. The number of methoxy groups -OCH3 is 1. The highest BCUT2D eigenvalue weighted by Crippen LogP contribution is 2.46. The Kier molecular flexibility index (Phi) is 16.3. The van der Waals surface area contributed by atoms with Crippen LogP contribution < -0.4 is 36.1 Å². The number of anilines is 3. The fraction of sp³-hybridized carbons (Fsp3) is 0.493. The Morgan fingerprint density at radius 2 is 0.968 bits per heavy atom. The summed E-state index contributed by atoms with van der Waals surface area (Å²) in [5, 5.41) is 0. The molecule has 0 N–H and O–H groups in total. The van der Waals surface area contributed by atoms with Crippen molar-refractivity contribution in [2.75, 3.05) is 61.1 Å². The minimum Gasteiger partial charge on any atom is -0.496 e. The summed E-state index contributed by atoms with van der Waals surface area (Å²) in [6, 6.07) is 15.7. The second kappa shape index (κ2) is 24.3. The standard InChI is InChI=1S/C69H71F9N10O7/c1-39-65(95-2)55-35-85(62(91)18-42-27-81(28-42)51-11-7-49(8-12-51)68(73,74)75)38-58(55)86(66(39)94)16-14-44-22-63(92)88(56-36-83(33-53(44)56)60(89)19-43-29-82(30-43)52-13-15-79-59(24-52)69(76,77)78)32-47-21-45(47)20-46-23-64(93)87(31-40-3-4-40)57-37-84(34-54(46)57)61(90)17-41-25-80(26-41)50-9-5-48(6-10-50)67(70,71)72/h5-13,15,22-24,40-43,45,47H,3-4,14,16-21,25-38H2,1-2H3. The maximum absolute atomic E-state index is 14.7. The summed E-state index contributed by atoms with van der Waals surface area (Å²) in [5.41, 5.74) is 4.80. The molecule has 8 aliphatic rings. The average Bonchev–Trinajstić information content (AvgIpc) is 1.65. The Morgan fingerprint density at radius 1 is 0.516 bits per heavy atom. The lowest BCUT2D eigenvalue weighted by Crippen LogP contribution is -2.48. The molecule has 0 radical (unpaired) electrons. The largest absolute Gasteiger partial charge is 0.496 e. The molecule has 0 bridgehead atoms. The number of aryl methyl sites for hydroxylation is 1. The van der Waals surface area contributed by atoms with Crippen molar-refractivity contribution in [1.82, 2.24) is 33.4 Å². The summed E-state index contributed by atoms with van der Waals surface area (Å²) < 4.78 is 131. The van der Waals surface area contributed by atoms with Crippen LogP contribution in [-0.2, 0) is 105 Å². The molecule has 17 nitrogen and oxygen atoms in total. The third-order valence-electron chi connectivity index (χ3n) is 20.9. The van der Waals surface area contributed by atoms with Gasteiger partial charge in [-0.25, -0.2) is 0 Å². The van der Waals surface area contributed by atoms with E-state index in [2.05, 4.69) is 4.98 Å². The second-order valence-corrected chi connectivity index (χ2v) is 27.4. The van der Waals surface area contributed by atoms with Crippen LogP contribution in [0.15, 0.2) is 93.4 Å². The molecule has 2 saturated carbocycles. The lowest BCUT2D eigenvalue weighted by molar-refractivity contribution is -0.141. The van der Waals surface area contributed by atoms with E-state index in [1.165, 1.54) is 37.4 Å². The van der Waals surface area contributed by atoms with Crippen LogP contribution in [0.2, 0.25) is 0 Å². The Balaban J connectivity index is 0.671. The van der Waals surface area contributed by atoms with Gasteiger partial charge in [-0.05, 0) is 140 Å². The van der Waals surface area contributed by atoms with E-state index in [1.807, 2.05) is 14.4 Å². The van der Waals surface area contributed by atoms with Gasteiger partial charge in [0.2, 0.25) is 17.7 Å². The van der Waals surface area contributed by atoms with Crippen molar-refractivity contribution < 1.29 is 58.6 Å². The Labute approximate surface area is 540 Å². The van der Waals surface area contributed by atoms with Crippen molar-refractivity contribution in [2.45, 2.75) is 136 Å². The Bertz CT molecular complexity index is 4220. The fourth-order valence-corrected chi connectivity index (χ4v) is 15.2. The maximum atomic E-state index is 14.7. The number of fused-ring (bicyclic) bond motifs is 3. The van der Waals surface area contributed by atoms with Crippen LogP contribution in [0.1, 0.15) is 106 Å². The molecule has 4 aromatic heterocycles. The number of aromatic nitrogens is 4. The first kappa shape index (κ1) is 63.8. The van der Waals surface area contributed by atoms with Gasteiger partial charge in [0.25, 0.3) is 16.7 Å². The van der Waals surface area contributed by atoms with Gasteiger partial charge in [0.15, 0.2) is 0 Å². The highest BCUT2D eigenvalue weighted by Gasteiger charge is 2.44. The third kappa shape index (κ3) is 12.8. The van der Waals surface area contributed by atoms with Gasteiger partial charge in [-0.15, -0.1) is 0 Å². The molecule has 502 valence electrons. The van der Waals surface area contributed by atoms with Crippen LogP contribution in [0.3, 0.4) is 0 Å². The minimum absolute atomic E-state index is 0.00742. The zero-order valence-corrected chi connectivity index (χ0v) is 52.5. The number of carbonyl (C=O) groups excluding carboxylic acids is 3. The van der Waals surface area contributed by atoms with E-state index in [0.29, 0.717) is 122 Å². The van der Waals surface area contributed by atoms with E-state index in [-0.39, 0.29) is 129 Å². The van der Waals surface area contributed by atoms with Gasteiger partial charge in [0, 0.05) is 167 Å². The summed E-state index contributed by atoms with van der Waals surface area (Å²) in [4.78, 5) is 99.9. The smallest absolute Gasteiger partial charge is 0.433 e. The van der Waals surface area contributed by atoms with Gasteiger partial charge >= 0.3 is 18.5 Å². The summed E-state index contributed by atoms with van der Waals surface area (Å²) in [6.45, 7) is 6.59. The van der Waals surface area contributed by atoms with Crippen LogP contribution in [0.25, 0.3) is 0 Å². The van der Waals surface area contributed by atoms with Crippen molar-refractivity contribution in [2.24, 2.45) is 35.5 Å². The van der Waals surface area contributed by atoms with Crippen LogP contribution in [0.5, 0.6) is 5.75 Å². The molecule has 2 atom stereocenters. The number of alkyl halides is 9. The predicted molar refractivity (Wildman–Crippen MR) is 331 cm³/mol. The molecule has 3 amide bonds. The van der Waals surface area contributed by atoms with E-state index in [1.54, 1.807) is 47.8 Å². The summed E-state index contributed by atoms with van der Waals surface area (Å²) in [6.07, 6.45) is -8.31. The normalized spacial score (nSPS) is 19.6. The lowest BCUT2D eigenvalue weighted by atomic mass is 9.94. The number of hydrogen-bond acceptors (Lipinski definition) is 11. The van der Waals surface area contributed by atoms with Gasteiger partial charge in [-0.2, -0.15) is 39.5 Å². The van der Waals surface area contributed by atoms with Crippen LogP contribution >= 0.6 is 0 Å². The van der Waals surface area contributed by atoms with Crippen molar-refractivity contribution in [3.8, 4) is 5.75 Å². The molecule has 2 unspecified atom stereocenters. The number of ether oxygens (including phenoxy) is 1. The summed E-state index contributed by atoms with van der Waals surface area (Å²) in [5.74, 6) is 0.271. The molecule has 95 heavy (non-hydrogen) atoms. The van der Waals surface area contributed by atoms with Crippen molar-refractivity contribution in [1.29, 1.82) is 0 Å². The van der Waals surface area contributed by atoms with Crippen molar-refractivity contribution in [3.63, 3.8) is 0 Å². The lowest BCUT2D eigenvalue weighted by Gasteiger charge is -2.41. The number of rotatable bonds is 19. The quantitative estimate of drug-likeness (QED) is 0.0711. The molecule has 6 aliphatic heterocycles. The highest BCUT2D eigenvalue weighted by molar-refractivity contribution is 5.79. The van der Waals surface area contributed by atoms with Crippen molar-refractivity contribution in [3.05, 3.63) is 177 Å². The number of carbonyl (C=O) groups is 3. The third-order valence-corrected chi connectivity index (χ3v) is 20.9. The fourth-order valence-electron chi connectivity index (χ4n) is 15.2. The van der Waals surface area contributed by atoms with Crippen LogP contribution in [0, 0.1) is 42.4 Å². The van der Waals surface area contributed by atoms with E-state index in [4.69, 9.17) is 4.74 Å². The van der Waals surface area contributed by atoms with Crippen LogP contribution in [-0.4, -0.2) is 97.5 Å². The zero-order chi connectivity index (χ0) is 66.7. The number of halogens is 9. The highest BCUT2D eigenvalue weighted by atomic mass is 19.4. The molecule has 14 rings (SSSR count). The minimum atomic E-state index is -4.62. The predicted octanol–water partition coefficient (Wildman–Crippen LogP) is 9.58. The van der Waals surface area contributed by atoms with Gasteiger partial charge in [0.1, 0.15) is 11.4 Å². The van der Waals surface area contributed by atoms with E-state index in [9.17, 15) is 68.3 Å². The summed E-state index contributed by atoms with van der Waals surface area (Å²) >= 11 is 0. The van der Waals surface area contributed by atoms with Gasteiger partial charge < -0.3 is 47.8 Å². The van der Waals surface area contributed by atoms with Gasteiger partial charge in [0.05, 0.1) is 50.0 Å². The van der Waals surface area contributed by atoms with Crippen LogP contribution in [0.4, 0.5) is 56.6 Å². The van der Waals surface area contributed by atoms with E-state index < -0.39 is 35.3 Å². The molecule has 6 aromatic rings. The molecular formula is C69H71F9N10O7. The zero-order valence-electron chi connectivity index (χ0n) is 52.5. The van der Waals surface area contributed by atoms with E-state index >= 15 is 0 Å². The second-order valence-electron chi connectivity index (χ2n) is 27.4. The molecule has 2 aliphatic carbocycles. The number of hydrogen-bond donors (Lipinski definition) is 0. The van der Waals surface area contributed by atoms with E-state index in [0.717, 1.165) is 78.2 Å². The number of amides is 3. The summed E-state index contributed by atoms with van der Waals surface area (Å²) in [7, 11) is 1.47. The topological polar surface area (TPSA) is 159 Å². The monoisotopic (exact) mass is 1320 g/mol. The first-order valence-electron chi connectivity index (χ1n) is 32.4. The molecule has 0 spiro atoms. The first-order valence-corrected chi connectivity index (χ1v) is 32.4. The SMILES string of the molecule is COc1c2c(n(CCc3cc(=O)n(CC4CC4Cc4cc(=O)n(CC5CC5)c5c4CN(C(=O)CC4CN(c6ccc(C(F)(F)F)cc6)C4)C5)c4c3CN(C(=O)CC3CN(c5ccnc(C(F)(F)F)c5)C3)C4)c(=O)c1C)CN(C(=O)CC1CN(c3ccc(C(F)(F)F)cc3)C1)C2. The Hall–Kier alpha value is -8.58. The molecule has 5 fully saturated rings. The first-order chi connectivity index (χ1) is 45.2. The average molecular weight is 1320 g/mol. The van der Waals surface area contributed by atoms with Crippen molar-refractivity contribution >= 4 is 34.8 Å².